The Labute approximate surface area is 124 Å². The van der Waals surface area contributed by atoms with Gasteiger partial charge < -0.3 is 9.64 Å². The first kappa shape index (κ1) is 15.5. The fourth-order valence-corrected chi connectivity index (χ4v) is 2.57. The number of carbonyl (C=O) groups is 2. The summed E-state index contributed by atoms with van der Waals surface area (Å²) in [5.74, 6) is -0.160. The standard InChI is InChI=1S/C15H23N3O3/c1-3-5-12-8-13(17-16-12)15(20)21-10-14(19)18-7-4-6-11(2)9-18/h8,11H,3-7,9-10H2,1-2H3,(H,16,17). The van der Waals surface area contributed by atoms with Crippen molar-refractivity contribution < 1.29 is 14.3 Å². The number of esters is 1. The molecule has 1 N–H and O–H groups in total. The number of hydrogen-bond acceptors (Lipinski definition) is 4. The van der Waals surface area contributed by atoms with Crippen LogP contribution in [-0.2, 0) is 16.0 Å². The highest BCUT2D eigenvalue weighted by Gasteiger charge is 2.22. The number of hydrogen-bond donors (Lipinski definition) is 1. The number of aromatic nitrogens is 2. The van der Waals surface area contributed by atoms with Gasteiger partial charge in [-0.15, -0.1) is 0 Å². The molecule has 1 fully saturated rings. The molecular formula is C15H23N3O3. The molecule has 6 nitrogen and oxygen atoms in total. The molecule has 6 heteroatoms. The number of piperidine rings is 1. The average Bonchev–Trinajstić information content (AvgIpc) is 2.93. The molecule has 2 heterocycles. The predicted molar refractivity (Wildman–Crippen MR) is 77.8 cm³/mol. The highest BCUT2D eigenvalue weighted by molar-refractivity contribution is 5.89. The third-order valence-corrected chi connectivity index (χ3v) is 3.70. The van der Waals surface area contributed by atoms with Gasteiger partial charge in [-0.3, -0.25) is 9.89 Å². The van der Waals surface area contributed by atoms with Crippen LogP contribution in [0, 0.1) is 5.92 Å². The van der Waals surface area contributed by atoms with Gasteiger partial charge in [0.2, 0.25) is 0 Å². The van der Waals surface area contributed by atoms with Crippen molar-refractivity contribution in [2.75, 3.05) is 19.7 Å². The smallest absolute Gasteiger partial charge is 0.359 e. The monoisotopic (exact) mass is 293 g/mol. The first-order valence-corrected chi connectivity index (χ1v) is 7.59. The Morgan fingerprint density at radius 2 is 2.33 bits per heavy atom. The zero-order valence-electron chi connectivity index (χ0n) is 12.7. The number of aromatic amines is 1. The van der Waals surface area contributed by atoms with Gasteiger partial charge in [0.1, 0.15) is 0 Å². The maximum Gasteiger partial charge on any atom is 0.359 e. The van der Waals surface area contributed by atoms with Gasteiger partial charge in [0, 0.05) is 18.8 Å². The highest BCUT2D eigenvalue weighted by Crippen LogP contribution is 2.15. The quantitative estimate of drug-likeness (QED) is 0.840. The fraction of sp³-hybridized carbons (Fsp3) is 0.667. The summed E-state index contributed by atoms with van der Waals surface area (Å²) in [5, 5.41) is 6.71. The summed E-state index contributed by atoms with van der Waals surface area (Å²) in [6.45, 7) is 5.48. The van der Waals surface area contributed by atoms with Crippen molar-refractivity contribution in [1.29, 1.82) is 0 Å². The van der Waals surface area contributed by atoms with Gasteiger partial charge in [-0.05, 0) is 31.2 Å². The Hall–Kier alpha value is -1.85. The zero-order chi connectivity index (χ0) is 15.2. The zero-order valence-corrected chi connectivity index (χ0v) is 12.7. The molecule has 0 spiro atoms. The molecule has 1 unspecified atom stereocenters. The van der Waals surface area contributed by atoms with Crippen molar-refractivity contribution in [2.45, 2.75) is 39.5 Å². The van der Waals surface area contributed by atoms with Crippen molar-refractivity contribution in [3.05, 3.63) is 17.5 Å². The van der Waals surface area contributed by atoms with Gasteiger partial charge in [-0.25, -0.2) is 4.79 Å². The summed E-state index contributed by atoms with van der Waals surface area (Å²) in [6, 6.07) is 1.68. The minimum absolute atomic E-state index is 0.126. The Balaban J connectivity index is 1.81. The molecule has 0 aliphatic carbocycles. The molecule has 116 valence electrons. The second-order valence-electron chi connectivity index (χ2n) is 5.69. The summed E-state index contributed by atoms with van der Waals surface area (Å²) in [4.78, 5) is 25.6. The van der Waals surface area contributed by atoms with Gasteiger partial charge in [0.25, 0.3) is 5.91 Å². The summed E-state index contributed by atoms with van der Waals surface area (Å²) in [5.41, 5.74) is 1.14. The van der Waals surface area contributed by atoms with E-state index in [9.17, 15) is 9.59 Å². The van der Waals surface area contributed by atoms with E-state index in [1.54, 1.807) is 11.0 Å². The Bertz CT molecular complexity index is 498. The van der Waals surface area contributed by atoms with Crippen molar-refractivity contribution in [2.24, 2.45) is 5.92 Å². The lowest BCUT2D eigenvalue weighted by atomic mass is 10.0. The predicted octanol–water partition coefficient (Wildman–Crippen LogP) is 1.78. The van der Waals surface area contributed by atoms with E-state index < -0.39 is 5.97 Å². The van der Waals surface area contributed by atoms with E-state index >= 15 is 0 Å². The van der Waals surface area contributed by atoms with Crippen LogP contribution in [0.25, 0.3) is 0 Å². The van der Waals surface area contributed by atoms with Gasteiger partial charge in [-0.1, -0.05) is 20.3 Å². The number of ether oxygens (including phenoxy) is 1. The van der Waals surface area contributed by atoms with Crippen LogP contribution in [0.4, 0.5) is 0 Å². The second-order valence-corrected chi connectivity index (χ2v) is 5.69. The van der Waals surface area contributed by atoms with Gasteiger partial charge in [0.15, 0.2) is 12.3 Å². The lowest BCUT2D eigenvalue weighted by molar-refractivity contribution is -0.136. The second kappa shape index (κ2) is 7.24. The summed E-state index contributed by atoms with van der Waals surface area (Å²) in [7, 11) is 0. The number of rotatable bonds is 5. The van der Waals surface area contributed by atoms with E-state index in [0.29, 0.717) is 5.92 Å². The van der Waals surface area contributed by atoms with Crippen LogP contribution in [0.15, 0.2) is 6.07 Å². The van der Waals surface area contributed by atoms with E-state index in [-0.39, 0.29) is 18.2 Å². The minimum atomic E-state index is -0.549. The van der Waals surface area contributed by atoms with Crippen LogP contribution in [0.1, 0.15) is 49.3 Å². The lowest BCUT2D eigenvalue weighted by Crippen LogP contribution is -2.41. The molecule has 1 atom stereocenters. The van der Waals surface area contributed by atoms with Crippen molar-refractivity contribution in [3.8, 4) is 0 Å². The van der Waals surface area contributed by atoms with Crippen LogP contribution < -0.4 is 0 Å². The highest BCUT2D eigenvalue weighted by atomic mass is 16.5. The number of nitrogens with zero attached hydrogens (tertiary/aromatic N) is 2. The van der Waals surface area contributed by atoms with Crippen molar-refractivity contribution in [1.82, 2.24) is 15.1 Å². The third kappa shape index (κ3) is 4.31. The van der Waals surface area contributed by atoms with Crippen molar-refractivity contribution >= 4 is 11.9 Å². The van der Waals surface area contributed by atoms with Crippen LogP contribution in [0.3, 0.4) is 0 Å². The van der Waals surface area contributed by atoms with Gasteiger partial charge >= 0.3 is 5.97 Å². The topological polar surface area (TPSA) is 75.3 Å². The molecule has 0 saturated carbocycles. The molecule has 2 rings (SSSR count). The number of H-pyrrole nitrogens is 1. The molecule has 21 heavy (non-hydrogen) atoms. The number of nitrogens with one attached hydrogen (secondary N) is 1. The molecule has 1 aromatic rings. The Morgan fingerprint density at radius 3 is 3.05 bits per heavy atom. The molecule has 1 aliphatic rings. The first-order chi connectivity index (χ1) is 10.1. The molecule has 1 saturated heterocycles. The summed E-state index contributed by atoms with van der Waals surface area (Å²) >= 11 is 0. The fourth-order valence-electron chi connectivity index (χ4n) is 2.57. The van der Waals surface area contributed by atoms with E-state index in [0.717, 1.165) is 44.5 Å². The lowest BCUT2D eigenvalue weighted by Gasteiger charge is -2.30. The first-order valence-electron chi connectivity index (χ1n) is 7.59. The average molecular weight is 293 g/mol. The number of likely N-dealkylation sites (tertiary alicyclic amines) is 1. The number of amides is 1. The number of carbonyl (C=O) groups excluding carboxylic acids is 2. The van der Waals surface area contributed by atoms with Crippen LogP contribution in [0.5, 0.6) is 0 Å². The molecule has 1 aliphatic heterocycles. The molecule has 0 radical (unpaired) electrons. The van der Waals surface area contributed by atoms with Crippen LogP contribution in [-0.4, -0.2) is 46.7 Å². The molecule has 0 bridgehead atoms. The maximum absolute atomic E-state index is 12.0. The number of aryl methyl sites for hydroxylation is 1. The Morgan fingerprint density at radius 1 is 1.52 bits per heavy atom. The third-order valence-electron chi connectivity index (χ3n) is 3.70. The van der Waals surface area contributed by atoms with E-state index in [1.807, 2.05) is 0 Å². The molecule has 1 amide bonds. The van der Waals surface area contributed by atoms with E-state index in [1.165, 1.54) is 0 Å². The minimum Gasteiger partial charge on any atom is -0.451 e. The van der Waals surface area contributed by atoms with Gasteiger partial charge in [0.05, 0.1) is 0 Å². The molecular weight excluding hydrogens is 270 g/mol. The van der Waals surface area contributed by atoms with Crippen molar-refractivity contribution in [3.63, 3.8) is 0 Å². The SMILES string of the molecule is CCCc1cc(C(=O)OCC(=O)N2CCCC(C)C2)n[nH]1. The maximum atomic E-state index is 12.0. The molecule has 0 aromatic carbocycles. The van der Waals surface area contributed by atoms with E-state index in [2.05, 4.69) is 24.0 Å². The van der Waals surface area contributed by atoms with Crippen LogP contribution >= 0.6 is 0 Å². The summed E-state index contributed by atoms with van der Waals surface area (Å²) in [6.07, 6.45) is 3.98. The van der Waals surface area contributed by atoms with E-state index in [4.69, 9.17) is 4.74 Å². The Kier molecular flexibility index (Phi) is 5.36. The van der Waals surface area contributed by atoms with Gasteiger partial charge in [-0.2, -0.15) is 5.10 Å². The molecule has 1 aromatic heterocycles. The largest absolute Gasteiger partial charge is 0.451 e. The summed E-state index contributed by atoms with van der Waals surface area (Å²) < 4.78 is 5.06. The van der Waals surface area contributed by atoms with Crippen LogP contribution in [0.2, 0.25) is 0 Å². The normalized spacial score (nSPS) is 18.6.